The maximum atomic E-state index is 5.68. The molecule has 1 aliphatic heterocycles. The van der Waals surface area contributed by atoms with Crippen molar-refractivity contribution in [3.63, 3.8) is 0 Å². The Morgan fingerprint density at radius 3 is 2.41 bits per heavy atom. The molecule has 1 aliphatic rings. The van der Waals surface area contributed by atoms with Crippen molar-refractivity contribution in [1.29, 1.82) is 0 Å². The van der Waals surface area contributed by atoms with Crippen molar-refractivity contribution >= 4 is 23.6 Å². The van der Waals surface area contributed by atoms with Gasteiger partial charge in [-0.2, -0.15) is 20.7 Å². The molecule has 2 N–H and O–H groups in total. The van der Waals surface area contributed by atoms with Crippen LogP contribution in [0.15, 0.2) is 35.0 Å². The Bertz CT molecular complexity index is 931. The van der Waals surface area contributed by atoms with Gasteiger partial charge in [-0.1, -0.05) is 18.2 Å². The van der Waals surface area contributed by atoms with Gasteiger partial charge in [-0.15, -0.1) is 0 Å². The molecule has 0 amide bonds. The molecular formula is C19H26N6S2+2. The number of benzene rings is 1. The van der Waals surface area contributed by atoms with Crippen LogP contribution in [0, 0.1) is 18.6 Å². The molecule has 2 aromatic heterocycles. The van der Waals surface area contributed by atoms with Gasteiger partial charge in [0.05, 0.1) is 5.69 Å². The van der Waals surface area contributed by atoms with Gasteiger partial charge in [-0.3, -0.25) is 0 Å². The summed E-state index contributed by atoms with van der Waals surface area (Å²) in [5, 5.41) is 13.1. The predicted molar refractivity (Wildman–Crippen MR) is 109 cm³/mol. The molecule has 27 heavy (non-hydrogen) atoms. The first-order valence-electron chi connectivity index (χ1n) is 9.39. The number of aromatic nitrogens is 4. The quantitative estimate of drug-likeness (QED) is 0.608. The van der Waals surface area contributed by atoms with Crippen LogP contribution < -0.4 is 9.80 Å². The maximum absolute atomic E-state index is 5.68. The fourth-order valence-electron chi connectivity index (χ4n) is 3.84. The molecular weight excluding hydrogens is 376 g/mol. The maximum Gasteiger partial charge on any atom is 0.225 e. The second-order valence-electron chi connectivity index (χ2n) is 7.38. The summed E-state index contributed by atoms with van der Waals surface area (Å²) in [6.07, 6.45) is 0. The lowest BCUT2D eigenvalue weighted by Gasteiger charge is -2.29. The van der Waals surface area contributed by atoms with Crippen molar-refractivity contribution in [3.05, 3.63) is 56.5 Å². The number of nitrogens with zero attached hydrogens (tertiary/aromatic N) is 4. The van der Waals surface area contributed by atoms with Crippen molar-refractivity contribution in [1.82, 2.24) is 19.8 Å². The summed E-state index contributed by atoms with van der Waals surface area (Å²) in [7, 11) is 0. The van der Waals surface area contributed by atoms with Gasteiger partial charge in [0.2, 0.25) is 4.77 Å². The number of aryl methyl sites for hydroxylation is 2. The van der Waals surface area contributed by atoms with E-state index in [1.54, 1.807) is 20.9 Å². The molecule has 0 bridgehead atoms. The van der Waals surface area contributed by atoms with Crippen LogP contribution in [-0.4, -0.2) is 46.0 Å². The zero-order chi connectivity index (χ0) is 18.8. The molecule has 3 aromatic rings. The van der Waals surface area contributed by atoms with Gasteiger partial charge in [-0.25, -0.2) is 0 Å². The van der Waals surface area contributed by atoms with E-state index in [1.807, 2.05) is 4.68 Å². The van der Waals surface area contributed by atoms with Crippen LogP contribution in [0.2, 0.25) is 0 Å². The highest BCUT2D eigenvalue weighted by molar-refractivity contribution is 7.71. The normalized spacial score (nSPS) is 20.1. The summed E-state index contributed by atoms with van der Waals surface area (Å²) >= 11 is 7.46. The molecule has 0 spiro atoms. The molecule has 4 rings (SSSR count). The largest absolute Gasteiger partial charge is 0.322 e. The topological polar surface area (TPSA) is 44.5 Å². The smallest absolute Gasteiger partial charge is 0.225 e. The van der Waals surface area contributed by atoms with Gasteiger partial charge >= 0.3 is 0 Å². The Balaban J connectivity index is 1.41. The van der Waals surface area contributed by atoms with Crippen LogP contribution in [0.3, 0.4) is 0 Å². The van der Waals surface area contributed by atoms with Crippen molar-refractivity contribution in [2.75, 3.05) is 26.2 Å². The highest BCUT2D eigenvalue weighted by atomic mass is 32.1. The molecule has 3 heterocycles. The molecule has 0 unspecified atom stereocenters. The number of tetrazole rings is 1. The zero-order valence-corrected chi connectivity index (χ0v) is 17.4. The van der Waals surface area contributed by atoms with E-state index >= 15 is 0 Å². The number of hydrogen-bond acceptors (Lipinski definition) is 4. The van der Waals surface area contributed by atoms with Gasteiger partial charge in [0.1, 0.15) is 32.7 Å². The lowest BCUT2D eigenvalue weighted by Crippen LogP contribution is -3.27. The Morgan fingerprint density at radius 2 is 1.74 bits per heavy atom. The molecule has 1 aromatic carbocycles. The SMILES string of the molecule is Cc1cccc(C)c1-n1nnn(C[NH+]2CC[NH+](Cc3ccsc3)CC2)c1=S. The first-order valence-corrected chi connectivity index (χ1v) is 10.7. The second kappa shape index (κ2) is 8.02. The van der Waals surface area contributed by atoms with Crippen LogP contribution in [-0.2, 0) is 13.2 Å². The van der Waals surface area contributed by atoms with E-state index in [4.69, 9.17) is 12.2 Å². The first-order chi connectivity index (χ1) is 13.1. The molecule has 0 aliphatic carbocycles. The van der Waals surface area contributed by atoms with E-state index in [-0.39, 0.29) is 0 Å². The summed E-state index contributed by atoms with van der Waals surface area (Å²) in [4.78, 5) is 3.19. The highest BCUT2D eigenvalue weighted by Crippen LogP contribution is 2.17. The number of quaternary nitrogens is 2. The van der Waals surface area contributed by atoms with Gasteiger partial charge in [0, 0.05) is 5.56 Å². The van der Waals surface area contributed by atoms with Gasteiger partial charge in [-0.05, 0) is 64.4 Å². The average Bonchev–Trinajstić information content (AvgIpc) is 3.28. The van der Waals surface area contributed by atoms with Crippen LogP contribution >= 0.6 is 23.6 Å². The fraction of sp³-hybridized carbons (Fsp3) is 0.421. The number of thiophene rings is 1. The molecule has 8 heteroatoms. The monoisotopic (exact) mass is 402 g/mol. The number of piperazine rings is 1. The van der Waals surface area contributed by atoms with Crippen molar-refractivity contribution < 1.29 is 9.80 Å². The van der Waals surface area contributed by atoms with Crippen molar-refractivity contribution in [3.8, 4) is 5.69 Å². The van der Waals surface area contributed by atoms with E-state index in [0.29, 0.717) is 4.77 Å². The van der Waals surface area contributed by atoms with E-state index in [1.165, 1.54) is 23.6 Å². The summed E-state index contributed by atoms with van der Waals surface area (Å²) in [5.74, 6) is 0. The minimum absolute atomic E-state index is 0.674. The molecule has 1 saturated heterocycles. The molecule has 1 fully saturated rings. The molecule has 142 valence electrons. The summed E-state index contributed by atoms with van der Waals surface area (Å²) in [6, 6.07) is 8.47. The van der Waals surface area contributed by atoms with Crippen LogP contribution in [0.5, 0.6) is 0 Å². The third-order valence-corrected chi connectivity index (χ3v) is 6.48. The van der Waals surface area contributed by atoms with E-state index in [0.717, 1.165) is 43.1 Å². The zero-order valence-electron chi connectivity index (χ0n) is 15.8. The fourth-order valence-corrected chi connectivity index (χ4v) is 4.74. The van der Waals surface area contributed by atoms with E-state index in [2.05, 4.69) is 59.3 Å². The predicted octanol–water partition coefficient (Wildman–Crippen LogP) is 0.418. The third-order valence-electron chi connectivity index (χ3n) is 5.36. The van der Waals surface area contributed by atoms with Gasteiger partial charge < -0.3 is 9.80 Å². The number of nitrogens with one attached hydrogen (secondary N) is 2. The lowest BCUT2D eigenvalue weighted by molar-refractivity contribution is -1.03. The summed E-state index contributed by atoms with van der Waals surface area (Å²) in [5.41, 5.74) is 4.83. The van der Waals surface area contributed by atoms with Crippen LogP contribution in [0.25, 0.3) is 5.69 Å². The van der Waals surface area contributed by atoms with Gasteiger partial charge in [0.15, 0.2) is 6.67 Å². The average molecular weight is 403 g/mol. The number of rotatable bonds is 5. The minimum Gasteiger partial charge on any atom is -0.322 e. The van der Waals surface area contributed by atoms with E-state index in [9.17, 15) is 0 Å². The third kappa shape index (κ3) is 4.03. The summed E-state index contributed by atoms with van der Waals surface area (Å²) < 4.78 is 4.35. The van der Waals surface area contributed by atoms with Gasteiger partial charge in [0.25, 0.3) is 0 Å². The molecule has 0 saturated carbocycles. The molecule has 6 nitrogen and oxygen atoms in total. The Hall–Kier alpha value is -1.87. The number of para-hydroxylation sites is 1. The summed E-state index contributed by atoms with van der Waals surface area (Å²) in [6.45, 7) is 10.7. The number of hydrogen-bond donors (Lipinski definition) is 2. The van der Waals surface area contributed by atoms with Crippen LogP contribution in [0.1, 0.15) is 16.7 Å². The minimum atomic E-state index is 0.674. The Labute approximate surface area is 168 Å². The van der Waals surface area contributed by atoms with Crippen LogP contribution in [0.4, 0.5) is 0 Å². The lowest BCUT2D eigenvalue weighted by atomic mass is 10.1. The molecule has 0 radical (unpaired) electrons. The highest BCUT2D eigenvalue weighted by Gasteiger charge is 2.24. The van der Waals surface area contributed by atoms with Crippen molar-refractivity contribution in [2.45, 2.75) is 27.1 Å². The standard InChI is InChI=1S/C19H24N6S2/c1-15-4-3-5-16(2)18(15)25-19(26)24(20-21-25)14-23-9-7-22(8-10-23)12-17-6-11-27-13-17/h3-6,11,13H,7-10,12,14H2,1-2H3/p+2. The first kappa shape index (κ1) is 18.5. The Kier molecular flexibility index (Phi) is 5.49. The Morgan fingerprint density at radius 1 is 1.04 bits per heavy atom. The second-order valence-corrected chi connectivity index (χ2v) is 8.52. The van der Waals surface area contributed by atoms with Crippen molar-refractivity contribution in [2.24, 2.45) is 0 Å². The molecule has 0 atom stereocenters. The van der Waals surface area contributed by atoms with E-state index < -0.39 is 0 Å².